The Morgan fingerprint density at radius 1 is 1.12 bits per heavy atom. The van der Waals surface area contributed by atoms with Crippen molar-refractivity contribution in [1.29, 1.82) is 0 Å². The molecule has 0 saturated carbocycles. The summed E-state index contributed by atoms with van der Waals surface area (Å²) < 4.78 is 73.4. The van der Waals surface area contributed by atoms with E-state index in [1.165, 1.54) is 16.4 Å². The van der Waals surface area contributed by atoms with Gasteiger partial charge in [0.15, 0.2) is 0 Å². The van der Waals surface area contributed by atoms with Crippen LogP contribution in [0.3, 0.4) is 0 Å². The summed E-state index contributed by atoms with van der Waals surface area (Å²) in [4.78, 5) is 6.34. The number of rotatable bonds is 5. The lowest BCUT2D eigenvalue weighted by Gasteiger charge is -2.39. The Bertz CT molecular complexity index is 1070. The number of aromatic nitrogens is 2. The van der Waals surface area contributed by atoms with Gasteiger partial charge >= 0.3 is 6.18 Å². The summed E-state index contributed by atoms with van der Waals surface area (Å²) in [6.07, 6.45) is -2.53. The van der Waals surface area contributed by atoms with Crippen LogP contribution in [-0.4, -0.2) is 71.3 Å². The molecule has 0 amide bonds. The molecule has 2 aliphatic heterocycles. The van der Waals surface area contributed by atoms with Crippen molar-refractivity contribution < 1.29 is 26.1 Å². The van der Waals surface area contributed by atoms with Gasteiger partial charge in [-0.3, -0.25) is 4.90 Å². The molecule has 2 atom stereocenters. The number of piperazine rings is 1. The first-order valence-electron chi connectivity index (χ1n) is 11.1. The summed E-state index contributed by atoms with van der Waals surface area (Å²) in [6.45, 7) is 6.73. The Balaban J connectivity index is 1.40. The molecule has 0 unspecified atom stereocenters. The number of nitrogens with zero attached hydrogens (tertiary/aromatic N) is 5. The van der Waals surface area contributed by atoms with Gasteiger partial charge in [0.1, 0.15) is 0 Å². The Kier molecular flexibility index (Phi) is 6.81. The summed E-state index contributed by atoms with van der Waals surface area (Å²) in [5, 5.41) is 3.85. The number of halogens is 3. The van der Waals surface area contributed by atoms with E-state index in [1.54, 1.807) is 4.31 Å². The first-order valence-corrected chi connectivity index (χ1v) is 12.5. The summed E-state index contributed by atoms with van der Waals surface area (Å²) in [5.41, 5.74) is -0.557. The van der Waals surface area contributed by atoms with Crippen LogP contribution in [0.25, 0.3) is 11.4 Å². The highest BCUT2D eigenvalue weighted by Crippen LogP contribution is 2.32. The maximum atomic E-state index is 13.0. The van der Waals surface area contributed by atoms with Crippen LogP contribution in [0.5, 0.6) is 0 Å². The molecule has 0 N–H and O–H groups in total. The van der Waals surface area contributed by atoms with Crippen LogP contribution < -0.4 is 0 Å². The highest BCUT2D eigenvalue weighted by molar-refractivity contribution is 7.86. The molecule has 3 heterocycles. The third-order valence-corrected chi connectivity index (χ3v) is 8.34. The lowest BCUT2D eigenvalue weighted by atomic mass is 10.0. The van der Waals surface area contributed by atoms with Crippen LogP contribution in [0, 0.1) is 5.92 Å². The van der Waals surface area contributed by atoms with Crippen molar-refractivity contribution in [3.63, 3.8) is 0 Å². The molecule has 8 nitrogen and oxygen atoms in total. The largest absolute Gasteiger partial charge is 0.416 e. The molecule has 33 heavy (non-hydrogen) atoms. The van der Waals surface area contributed by atoms with Crippen molar-refractivity contribution in [3.05, 3.63) is 35.7 Å². The van der Waals surface area contributed by atoms with E-state index in [1.807, 2.05) is 11.8 Å². The average Bonchev–Trinajstić information content (AvgIpc) is 3.28. The quantitative estimate of drug-likeness (QED) is 0.643. The predicted molar refractivity (Wildman–Crippen MR) is 115 cm³/mol. The van der Waals surface area contributed by atoms with Gasteiger partial charge < -0.3 is 4.52 Å². The number of piperidine rings is 1. The first-order chi connectivity index (χ1) is 15.6. The van der Waals surface area contributed by atoms with Crippen LogP contribution in [0.2, 0.25) is 0 Å². The van der Waals surface area contributed by atoms with Crippen LogP contribution in [0.4, 0.5) is 13.2 Å². The van der Waals surface area contributed by atoms with Gasteiger partial charge in [-0.1, -0.05) is 24.2 Å². The molecular formula is C21H28F3N5O3S. The minimum Gasteiger partial charge on any atom is -0.337 e. The second kappa shape index (κ2) is 9.32. The van der Waals surface area contributed by atoms with Gasteiger partial charge in [0.05, 0.1) is 11.6 Å². The minimum atomic E-state index is -4.46. The molecule has 2 aromatic rings. The standard InChI is InChI=1S/C21H28F3N5O3S/c1-15-5-4-8-29(14-15)33(30,31)28-11-9-27(10-12-28)16(2)20-25-19(26-32-20)17-6-3-7-18(13-17)21(22,23)24/h3,6-7,13,15-16H,4-5,8-12,14H2,1-2H3/t15-,16-/m0/s1. The number of benzene rings is 1. The Morgan fingerprint density at radius 3 is 2.52 bits per heavy atom. The van der Waals surface area contributed by atoms with E-state index >= 15 is 0 Å². The monoisotopic (exact) mass is 487 g/mol. The van der Waals surface area contributed by atoms with Gasteiger partial charge in [-0.15, -0.1) is 0 Å². The highest BCUT2D eigenvalue weighted by atomic mass is 32.2. The number of hydrogen-bond donors (Lipinski definition) is 0. The lowest BCUT2D eigenvalue weighted by molar-refractivity contribution is -0.137. The fraction of sp³-hybridized carbons (Fsp3) is 0.619. The van der Waals surface area contributed by atoms with Crippen molar-refractivity contribution in [1.82, 2.24) is 23.7 Å². The predicted octanol–water partition coefficient (Wildman–Crippen LogP) is 3.41. The molecule has 1 aromatic heterocycles. The molecule has 1 aromatic carbocycles. The highest BCUT2D eigenvalue weighted by Gasteiger charge is 2.36. The number of hydrogen-bond acceptors (Lipinski definition) is 6. The van der Waals surface area contributed by atoms with E-state index in [2.05, 4.69) is 17.1 Å². The van der Waals surface area contributed by atoms with Crippen molar-refractivity contribution in [2.24, 2.45) is 5.92 Å². The zero-order valence-electron chi connectivity index (χ0n) is 18.6. The lowest BCUT2D eigenvalue weighted by Crippen LogP contribution is -2.54. The molecule has 2 saturated heterocycles. The van der Waals surface area contributed by atoms with Crippen molar-refractivity contribution in [3.8, 4) is 11.4 Å². The van der Waals surface area contributed by atoms with Crippen LogP contribution >= 0.6 is 0 Å². The van der Waals surface area contributed by atoms with Crippen LogP contribution in [0.1, 0.15) is 44.2 Å². The third kappa shape index (κ3) is 5.23. The molecule has 182 valence electrons. The zero-order valence-corrected chi connectivity index (χ0v) is 19.4. The van der Waals surface area contributed by atoms with E-state index in [9.17, 15) is 21.6 Å². The molecule has 2 fully saturated rings. The first kappa shape index (κ1) is 24.1. The van der Waals surface area contributed by atoms with E-state index in [0.29, 0.717) is 45.2 Å². The topological polar surface area (TPSA) is 82.8 Å². The molecule has 0 spiro atoms. The smallest absolute Gasteiger partial charge is 0.337 e. The Hall–Kier alpha value is -2.02. The summed E-state index contributed by atoms with van der Waals surface area (Å²) in [6, 6.07) is 4.49. The molecule has 0 radical (unpaired) electrons. The maximum absolute atomic E-state index is 13.0. The SMILES string of the molecule is C[C@H]1CCCN(S(=O)(=O)N2CCN([C@@H](C)c3nc(-c4cccc(C(F)(F)F)c4)no3)CC2)C1. The fourth-order valence-electron chi connectivity index (χ4n) is 4.35. The number of alkyl halides is 3. The van der Waals surface area contributed by atoms with E-state index in [4.69, 9.17) is 4.52 Å². The van der Waals surface area contributed by atoms with E-state index in [-0.39, 0.29) is 23.3 Å². The van der Waals surface area contributed by atoms with Crippen molar-refractivity contribution in [2.45, 2.75) is 38.9 Å². The normalized spacial score (nSPS) is 23.0. The van der Waals surface area contributed by atoms with E-state index in [0.717, 1.165) is 25.0 Å². The molecule has 0 bridgehead atoms. The van der Waals surface area contributed by atoms with Crippen molar-refractivity contribution >= 4 is 10.2 Å². The third-order valence-electron chi connectivity index (χ3n) is 6.34. The summed E-state index contributed by atoms with van der Waals surface area (Å²) >= 11 is 0. The Morgan fingerprint density at radius 2 is 1.85 bits per heavy atom. The van der Waals surface area contributed by atoms with Crippen LogP contribution in [-0.2, 0) is 16.4 Å². The second-order valence-corrected chi connectivity index (χ2v) is 10.7. The molecule has 12 heteroatoms. The molecular weight excluding hydrogens is 459 g/mol. The Labute approximate surface area is 191 Å². The van der Waals surface area contributed by atoms with E-state index < -0.39 is 21.9 Å². The average molecular weight is 488 g/mol. The maximum Gasteiger partial charge on any atom is 0.416 e. The molecule has 2 aliphatic rings. The van der Waals surface area contributed by atoms with Crippen molar-refractivity contribution in [2.75, 3.05) is 39.3 Å². The molecule has 0 aliphatic carbocycles. The molecule has 4 rings (SSSR count). The van der Waals surface area contributed by atoms with Gasteiger partial charge in [-0.2, -0.15) is 35.2 Å². The van der Waals surface area contributed by atoms with Gasteiger partial charge in [-0.25, -0.2) is 0 Å². The summed E-state index contributed by atoms with van der Waals surface area (Å²) in [5.74, 6) is 0.727. The van der Waals surface area contributed by atoms with Crippen LogP contribution in [0.15, 0.2) is 28.8 Å². The summed E-state index contributed by atoms with van der Waals surface area (Å²) in [7, 11) is -3.48. The minimum absolute atomic E-state index is 0.0865. The van der Waals surface area contributed by atoms with Gasteiger partial charge in [0.2, 0.25) is 11.7 Å². The second-order valence-electron chi connectivity index (χ2n) is 8.76. The van der Waals surface area contributed by atoms with Gasteiger partial charge in [0.25, 0.3) is 10.2 Å². The van der Waals surface area contributed by atoms with Gasteiger partial charge in [0, 0.05) is 44.8 Å². The zero-order chi connectivity index (χ0) is 23.8. The van der Waals surface area contributed by atoms with Gasteiger partial charge in [-0.05, 0) is 37.8 Å². The fourth-order valence-corrected chi connectivity index (χ4v) is 6.11.